The lowest BCUT2D eigenvalue weighted by atomic mass is 10.2. The number of para-hydroxylation sites is 1. The summed E-state index contributed by atoms with van der Waals surface area (Å²) in [5.74, 6) is 0.996. The van der Waals surface area contributed by atoms with Gasteiger partial charge in [0.05, 0.1) is 0 Å². The molecule has 0 aliphatic rings. The van der Waals surface area contributed by atoms with Gasteiger partial charge in [-0.1, -0.05) is 38.1 Å². The molecule has 1 N–H and O–H groups in total. The smallest absolute Gasteiger partial charge is 0.123 e. The van der Waals surface area contributed by atoms with Crippen molar-refractivity contribution in [3.05, 3.63) is 42.5 Å². The van der Waals surface area contributed by atoms with Gasteiger partial charge in [0.25, 0.3) is 0 Å². The molecule has 0 fully saturated rings. The number of rotatable bonds is 12. The lowest BCUT2D eigenvalue weighted by molar-refractivity contribution is 0.221. The Bertz CT molecular complexity index is 393. The van der Waals surface area contributed by atoms with E-state index >= 15 is 0 Å². The summed E-state index contributed by atoms with van der Waals surface area (Å²) in [5, 5.41) is 3.43. The fraction of sp³-hybridized carbons (Fsp3) is 0.556. The molecule has 0 atom stereocenters. The molecule has 0 saturated carbocycles. The van der Waals surface area contributed by atoms with Crippen LogP contribution in [0.2, 0.25) is 0 Å². The molecule has 0 aromatic heterocycles. The highest BCUT2D eigenvalue weighted by Crippen LogP contribution is 2.17. The zero-order valence-corrected chi connectivity index (χ0v) is 13.6. The van der Waals surface area contributed by atoms with E-state index in [9.17, 15) is 0 Å². The second-order valence-electron chi connectivity index (χ2n) is 5.22. The third kappa shape index (κ3) is 7.30. The second-order valence-corrected chi connectivity index (χ2v) is 5.22. The predicted molar refractivity (Wildman–Crippen MR) is 90.9 cm³/mol. The van der Waals surface area contributed by atoms with E-state index in [0.29, 0.717) is 0 Å². The van der Waals surface area contributed by atoms with E-state index in [2.05, 4.69) is 48.8 Å². The first-order valence-electron chi connectivity index (χ1n) is 8.06. The topological polar surface area (TPSA) is 24.5 Å². The maximum absolute atomic E-state index is 5.98. The van der Waals surface area contributed by atoms with Crippen LogP contribution in [-0.2, 0) is 6.54 Å². The van der Waals surface area contributed by atoms with Crippen LogP contribution in [0.4, 0.5) is 0 Å². The number of hydrogen-bond acceptors (Lipinski definition) is 3. The first-order chi connectivity index (χ1) is 10.3. The Morgan fingerprint density at radius 2 is 2.00 bits per heavy atom. The van der Waals surface area contributed by atoms with Crippen LogP contribution in [0.1, 0.15) is 32.3 Å². The summed E-state index contributed by atoms with van der Waals surface area (Å²) >= 11 is 0. The van der Waals surface area contributed by atoms with Crippen LogP contribution in [0.15, 0.2) is 36.9 Å². The second kappa shape index (κ2) is 11.4. The van der Waals surface area contributed by atoms with Gasteiger partial charge in [-0.3, -0.25) is 4.90 Å². The molecule has 0 spiro atoms. The summed E-state index contributed by atoms with van der Waals surface area (Å²) in [5.41, 5.74) is 1.23. The Morgan fingerprint density at radius 1 is 1.19 bits per heavy atom. The molecule has 0 heterocycles. The van der Waals surface area contributed by atoms with Crippen molar-refractivity contribution < 1.29 is 4.74 Å². The van der Waals surface area contributed by atoms with Gasteiger partial charge in [0.1, 0.15) is 12.4 Å². The van der Waals surface area contributed by atoms with Crippen LogP contribution in [0.3, 0.4) is 0 Å². The van der Waals surface area contributed by atoms with E-state index in [1.807, 2.05) is 12.1 Å². The zero-order valence-electron chi connectivity index (χ0n) is 13.6. The van der Waals surface area contributed by atoms with E-state index in [1.54, 1.807) is 0 Å². The summed E-state index contributed by atoms with van der Waals surface area (Å²) in [6.07, 6.45) is 4.26. The molecule has 21 heavy (non-hydrogen) atoms. The maximum Gasteiger partial charge on any atom is 0.123 e. The molecular weight excluding hydrogens is 260 g/mol. The third-order valence-electron chi connectivity index (χ3n) is 3.31. The van der Waals surface area contributed by atoms with Crippen molar-refractivity contribution in [1.82, 2.24) is 10.2 Å². The fourth-order valence-corrected chi connectivity index (χ4v) is 2.27. The average molecular weight is 290 g/mol. The van der Waals surface area contributed by atoms with E-state index in [-0.39, 0.29) is 0 Å². The Labute approximate surface area is 130 Å². The van der Waals surface area contributed by atoms with Crippen LogP contribution in [0, 0.1) is 0 Å². The summed E-state index contributed by atoms with van der Waals surface area (Å²) < 4.78 is 5.98. The highest BCUT2D eigenvalue weighted by molar-refractivity contribution is 5.33. The van der Waals surface area contributed by atoms with Crippen LogP contribution in [0.25, 0.3) is 0 Å². The van der Waals surface area contributed by atoms with Crippen LogP contribution in [0.5, 0.6) is 5.75 Å². The van der Waals surface area contributed by atoms with Crippen molar-refractivity contribution in [1.29, 1.82) is 0 Å². The van der Waals surface area contributed by atoms with Crippen molar-refractivity contribution in [2.75, 3.05) is 32.8 Å². The molecule has 1 aromatic rings. The Morgan fingerprint density at radius 3 is 2.71 bits per heavy atom. The number of benzene rings is 1. The van der Waals surface area contributed by atoms with Gasteiger partial charge in [-0.2, -0.15) is 0 Å². The van der Waals surface area contributed by atoms with E-state index < -0.39 is 0 Å². The maximum atomic E-state index is 5.98. The Kier molecular flexibility index (Phi) is 9.58. The van der Waals surface area contributed by atoms with Crippen molar-refractivity contribution in [2.45, 2.75) is 33.2 Å². The predicted octanol–water partition coefficient (Wildman–Crippen LogP) is 3.46. The number of hydrogen-bond donors (Lipinski definition) is 1. The molecule has 0 bridgehead atoms. The molecular formula is C18H30N2O. The summed E-state index contributed by atoms with van der Waals surface area (Å²) in [7, 11) is 0. The van der Waals surface area contributed by atoms with Gasteiger partial charge in [0, 0.05) is 25.2 Å². The molecule has 0 radical (unpaired) electrons. The molecule has 3 nitrogen and oxygen atoms in total. The first-order valence-corrected chi connectivity index (χ1v) is 8.06. The summed E-state index contributed by atoms with van der Waals surface area (Å²) in [4.78, 5) is 2.37. The molecule has 0 aliphatic carbocycles. The van der Waals surface area contributed by atoms with Gasteiger partial charge in [0.2, 0.25) is 0 Å². The number of nitrogens with one attached hydrogen (secondary N) is 1. The summed E-state index contributed by atoms with van der Waals surface area (Å²) in [6, 6.07) is 8.29. The van der Waals surface area contributed by atoms with Gasteiger partial charge >= 0.3 is 0 Å². The van der Waals surface area contributed by atoms with Crippen LogP contribution in [-0.4, -0.2) is 37.7 Å². The molecule has 1 aromatic carbocycles. The molecule has 0 saturated heterocycles. The highest BCUT2D eigenvalue weighted by Gasteiger charge is 2.05. The quantitative estimate of drug-likeness (QED) is 0.471. The minimum absolute atomic E-state index is 0.721. The van der Waals surface area contributed by atoms with Gasteiger partial charge in [-0.05, 0) is 32.0 Å². The number of nitrogens with zero attached hydrogens (tertiary/aromatic N) is 1. The lowest BCUT2D eigenvalue weighted by Crippen LogP contribution is -2.29. The molecule has 0 unspecified atom stereocenters. The molecule has 118 valence electrons. The van der Waals surface area contributed by atoms with Gasteiger partial charge in [0.15, 0.2) is 0 Å². The van der Waals surface area contributed by atoms with Crippen molar-refractivity contribution in [3.8, 4) is 5.75 Å². The Balaban J connectivity index is 2.44. The van der Waals surface area contributed by atoms with Gasteiger partial charge < -0.3 is 10.1 Å². The van der Waals surface area contributed by atoms with E-state index in [1.165, 1.54) is 5.56 Å². The minimum Gasteiger partial charge on any atom is -0.492 e. The van der Waals surface area contributed by atoms with Crippen LogP contribution < -0.4 is 10.1 Å². The zero-order chi connectivity index (χ0) is 15.3. The fourth-order valence-electron chi connectivity index (χ4n) is 2.27. The average Bonchev–Trinajstić information content (AvgIpc) is 2.49. The highest BCUT2D eigenvalue weighted by atomic mass is 16.5. The normalized spacial score (nSPS) is 10.8. The van der Waals surface area contributed by atoms with Crippen LogP contribution >= 0.6 is 0 Å². The monoisotopic (exact) mass is 290 g/mol. The SMILES string of the molecule is C=CCN(CCC)CCOc1ccccc1CNCCC. The third-order valence-corrected chi connectivity index (χ3v) is 3.31. The molecule has 0 amide bonds. The van der Waals surface area contributed by atoms with E-state index in [4.69, 9.17) is 4.74 Å². The largest absolute Gasteiger partial charge is 0.492 e. The molecule has 1 rings (SSSR count). The van der Waals surface area contributed by atoms with Crippen molar-refractivity contribution >= 4 is 0 Å². The standard InChI is InChI=1S/C18H30N2O/c1-4-11-19-16-17-9-7-8-10-18(17)21-15-14-20(12-5-2)13-6-3/h5,7-10,19H,2,4,6,11-16H2,1,3H3. The minimum atomic E-state index is 0.721. The van der Waals surface area contributed by atoms with Gasteiger partial charge in [-0.15, -0.1) is 6.58 Å². The number of ether oxygens (including phenoxy) is 1. The Hall–Kier alpha value is -1.32. The molecule has 0 aliphatic heterocycles. The first kappa shape index (κ1) is 17.7. The van der Waals surface area contributed by atoms with Crippen molar-refractivity contribution in [2.24, 2.45) is 0 Å². The summed E-state index contributed by atoms with van der Waals surface area (Å²) in [6.45, 7) is 13.8. The lowest BCUT2D eigenvalue weighted by Gasteiger charge is -2.20. The van der Waals surface area contributed by atoms with Gasteiger partial charge in [-0.25, -0.2) is 0 Å². The van der Waals surface area contributed by atoms with E-state index in [0.717, 1.165) is 57.9 Å². The van der Waals surface area contributed by atoms with Crippen molar-refractivity contribution in [3.63, 3.8) is 0 Å². The molecule has 3 heteroatoms.